The number of hydrogen-bond donors (Lipinski definition) is 1. The summed E-state index contributed by atoms with van der Waals surface area (Å²) in [6, 6.07) is 0. The zero-order chi connectivity index (χ0) is 13.3. The van der Waals surface area contributed by atoms with Crippen LogP contribution in [0.3, 0.4) is 0 Å². The van der Waals surface area contributed by atoms with Crippen molar-refractivity contribution in [3.8, 4) is 0 Å². The number of aromatic amines is 1. The fourth-order valence-corrected chi connectivity index (χ4v) is 9.09. The van der Waals surface area contributed by atoms with Crippen LogP contribution in [0.5, 0.6) is 0 Å². The Labute approximate surface area is 127 Å². The third-order valence-electron chi connectivity index (χ3n) is 6.55. The van der Waals surface area contributed by atoms with Crippen LogP contribution >= 0.6 is 23.1 Å². The molecule has 0 radical (unpaired) electrons. The van der Waals surface area contributed by atoms with Crippen molar-refractivity contribution in [2.24, 2.45) is 17.8 Å². The minimum atomic E-state index is 0.180. The highest BCUT2D eigenvalue weighted by atomic mass is 32.2. The van der Waals surface area contributed by atoms with Gasteiger partial charge in [-0.05, 0) is 49.9 Å². The lowest BCUT2D eigenvalue weighted by Gasteiger charge is -2.51. The molecule has 1 aromatic rings. The van der Waals surface area contributed by atoms with E-state index in [-0.39, 0.29) is 4.87 Å². The molecule has 1 aromatic heterocycles. The summed E-state index contributed by atoms with van der Waals surface area (Å²) >= 11 is 3.57. The quantitative estimate of drug-likeness (QED) is 0.780. The number of nitrogens with one attached hydrogen (secondary N) is 1. The fourth-order valence-electron chi connectivity index (χ4n) is 5.93. The SMILES string of the molecule is O=c1[nH]c2c(s1)C1(CCCCC1)[C@@H]1[C@H]3CC[C@@H](C3)[C@@H]1S2. The van der Waals surface area contributed by atoms with Gasteiger partial charge in [-0.25, -0.2) is 0 Å². The Morgan fingerprint density at radius 2 is 1.90 bits per heavy atom. The zero-order valence-corrected chi connectivity index (χ0v) is 13.3. The highest BCUT2D eigenvalue weighted by Crippen LogP contribution is 2.67. The lowest BCUT2D eigenvalue weighted by atomic mass is 9.60. The molecule has 3 saturated carbocycles. The van der Waals surface area contributed by atoms with Crippen LogP contribution in [0.25, 0.3) is 0 Å². The Kier molecular flexibility index (Phi) is 2.57. The number of aromatic nitrogens is 1. The van der Waals surface area contributed by atoms with Crippen LogP contribution in [0.1, 0.15) is 56.2 Å². The van der Waals surface area contributed by atoms with Gasteiger partial charge in [0.25, 0.3) is 0 Å². The van der Waals surface area contributed by atoms with E-state index < -0.39 is 0 Å². The molecular formula is C16H21NOS2. The van der Waals surface area contributed by atoms with E-state index in [9.17, 15) is 4.79 Å². The molecule has 4 heteroatoms. The van der Waals surface area contributed by atoms with Crippen LogP contribution in [0.4, 0.5) is 0 Å². The Bertz CT molecular complexity index is 598. The van der Waals surface area contributed by atoms with Gasteiger partial charge in [-0.2, -0.15) is 0 Å². The number of thioether (sulfide) groups is 1. The van der Waals surface area contributed by atoms with Crippen molar-refractivity contribution in [2.75, 3.05) is 0 Å². The van der Waals surface area contributed by atoms with E-state index in [0.29, 0.717) is 5.41 Å². The van der Waals surface area contributed by atoms with E-state index in [4.69, 9.17) is 0 Å². The van der Waals surface area contributed by atoms with Crippen molar-refractivity contribution >= 4 is 23.1 Å². The van der Waals surface area contributed by atoms with Gasteiger partial charge in [-0.1, -0.05) is 30.6 Å². The van der Waals surface area contributed by atoms with Gasteiger partial charge in [0.2, 0.25) is 0 Å². The monoisotopic (exact) mass is 307 g/mol. The van der Waals surface area contributed by atoms with Gasteiger partial charge in [-0.15, -0.1) is 11.8 Å². The van der Waals surface area contributed by atoms with E-state index in [1.165, 1.54) is 72.6 Å². The molecule has 2 nitrogen and oxygen atoms in total. The molecule has 2 bridgehead atoms. The first-order valence-corrected chi connectivity index (χ1v) is 9.88. The second-order valence-electron chi connectivity index (χ2n) is 7.33. The first-order chi connectivity index (χ1) is 9.78. The lowest BCUT2D eigenvalue weighted by Crippen LogP contribution is -2.47. The molecule has 4 atom stereocenters. The van der Waals surface area contributed by atoms with E-state index in [1.54, 1.807) is 0 Å². The first-order valence-electron chi connectivity index (χ1n) is 8.18. The maximum Gasteiger partial charge on any atom is 0.305 e. The van der Waals surface area contributed by atoms with E-state index in [1.807, 2.05) is 11.8 Å². The second-order valence-corrected chi connectivity index (χ2v) is 9.50. The number of hydrogen-bond acceptors (Lipinski definition) is 3. The summed E-state index contributed by atoms with van der Waals surface area (Å²) in [6.45, 7) is 0. The normalized spacial score (nSPS) is 40.8. The average Bonchev–Trinajstić information content (AvgIpc) is 3.14. The number of fused-ring (bicyclic) bond motifs is 8. The maximum atomic E-state index is 11.9. The topological polar surface area (TPSA) is 32.9 Å². The minimum absolute atomic E-state index is 0.180. The molecule has 1 N–H and O–H groups in total. The van der Waals surface area contributed by atoms with Gasteiger partial charge in [0.1, 0.15) is 0 Å². The summed E-state index contributed by atoms with van der Waals surface area (Å²) < 4.78 is 0. The molecule has 4 aliphatic rings. The molecule has 0 unspecified atom stereocenters. The number of thiazole rings is 1. The van der Waals surface area contributed by atoms with Crippen LogP contribution in [0.15, 0.2) is 9.82 Å². The molecule has 20 heavy (non-hydrogen) atoms. The lowest BCUT2D eigenvalue weighted by molar-refractivity contribution is 0.135. The van der Waals surface area contributed by atoms with Crippen LogP contribution in [0, 0.1) is 17.8 Å². The summed E-state index contributed by atoms with van der Waals surface area (Å²) in [6.07, 6.45) is 11.2. The highest BCUT2D eigenvalue weighted by molar-refractivity contribution is 8.00. The first kappa shape index (κ1) is 12.3. The van der Waals surface area contributed by atoms with Gasteiger partial charge >= 0.3 is 4.87 Å². The Morgan fingerprint density at radius 1 is 1.10 bits per heavy atom. The van der Waals surface area contributed by atoms with Gasteiger partial charge in [0.15, 0.2) is 0 Å². The van der Waals surface area contributed by atoms with Gasteiger partial charge < -0.3 is 4.98 Å². The molecule has 108 valence electrons. The third kappa shape index (κ3) is 1.45. The minimum Gasteiger partial charge on any atom is -0.307 e. The van der Waals surface area contributed by atoms with Crippen LogP contribution in [0.2, 0.25) is 0 Å². The van der Waals surface area contributed by atoms with Crippen molar-refractivity contribution in [1.82, 2.24) is 4.98 Å². The molecule has 0 aromatic carbocycles. The Balaban J connectivity index is 1.70. The largest absolute Gasteiger partial charge is 0.307 e. The van der Waals surface area contributed by atoms with Gasteiger partial charge in [0.05, 0.1) is 5.03 Å². The van der Waals surface area contributed by atoms with E-state index in [2.05, 4.69) is 4.98 Å². The van der Waals surface area contributed by atoms with E-state index >= 15 is 0 Å². The fraction of sp³-hybridized carbons (Fsp3) is 0.812. The molecule has 0 saturated heterocycles. The summed E-state index contributed by atoms with van der Waals surface area (Å²) in [5.74, 6) is 2.77. The molecule has 1 aliphatic heterocycles. The Morgan fingerprint density at radius 3 is 2.75 bits per heavy atom. The highest BCUT2D eigenvalue weighted by Gasteiger charge is 2.60. The smallest absolute Gasteiger partial charge is 0.305 e. The molecular weight excluding hydrogens is 286 g/mol. The van der Waals surface area contributed by atoms with Crippen molar-refractivity contribution in [1.29, 1.82) is 0 Å². The predicted molar refractivity (Wildman–Crippen MR) is 83.7 cm³/mol. The zero-order valence-electron chi connectivity index (χ0n) is 11.7. The number of H-pyrrole nitrogens is 1. The molecule has 3 aliphatic carbocycles. The standard InChI is InChI=1S/C16H21NOS2/c18-15-17-14-13(20-15)16(6-2-1-3-7-16)11-9-4-5-10(8-9)12(11)19-14/h9-12H,1-8H2,(H,17,18)/t9-,10-,11+,12-/m0/s1. The van der Waals surface area contributed by atoms with Crippen molar-refractivity contribution in [2.45, 2.75) is 67.1 Å². The van der Waals surface area contributed by atoms with Gasteiger partial charge in [-0.3, -0.25) is 4.79 Å². The van der Waals surface area contributed by atoms with Crippen LogP contribution in [-0.2, 0) is 5.41 Å². The molecule has 2 heterocycles. The predicted octanol–water partition coefficient (Wildman–Crippen LogP) is 4.16. The molecule has 3 fully saturated rings. The van der Waals surface area contributed by atoms with Crippen LogP contribution in [-0.4, -0.2) is 10.2 Å². The van der Waals surface area contributed by atoms with Gasteiger partial charge in [0, 0.05) is 15.5 Å². The van der Waals surface area contributed by atoms with Crippen molar-refractivity contribution in [3.05, 3.63) is 14.5 Å². The maximum absolute atomic E-state index is 11.9. The molecule has 0 amide bonds. The van der Waals surface area contributed by atoms with Crippen molar-refractivity contribution < 1.29 is 0 Å². The summed E-state index contributed by atoms with van der Waals surface area (Å²) in [5, 5.41) is 2.07. The molecule has 5 rings (SSSR count). The average molecular weight is 307 g/mol. The second kappa shape index (κ2) is 4.16. The summed E-state index contributed by atoms with van der Waals surface area (Å²) in [4.78, 5) is 16.7. The van der Waals surface area contributed by atoms with Crippen LogP contribution < -0.4 is 4.87 Å². The third-order valence-corrected chi connectivity index (χ3v) is 9.27. The summed E-state index contributed by atoms with van der Waals surface area (Å²) in [7, 11) is 0. The number of rotatable bonds is 0. The summed E-state index contributed by atoms with van der Waals surface area (Å²) in [5.41, 5.74) is 0.382. The van der Waals surface area contributed by atoms with E-state index in [0.717, 1.165) is 23.0 Å². The molecule has 1 spiro atoms. The van der Waals surface area contributed by atoms with Crippen molar-refractivity contribution in [3.63, 3.8) is 0 Å². The Hall–Kier alpha value is -0.220.